The van der Waals surface area contributed by atoms with Gasteiger partial charge in [-0.2, -0.15) is 0 Å². The lowest BCUT2D eigenvalue weighted by Crippen LogP contribution is -2.64. The number of hydrogen-bond donors (Lipinski definition) is 2. The van der Waals surface area contributed by atoms with Gasteiger partial charge in [0.1, 0.15) is 0 Å². The normalized spacial score (nSPS) is 36.4. The second-order valence-electron chi connectivity index (χ2n) is 8.09. The summed E-state index contributed by atoms with van der Waals surface area (Å²) < 4.78 is 6.09. The van der Waals surface area contributed by atoms with Crippen LogP contribution in [0.5, 0.6) is 0 Å². The van der Waals surface area contributed by atoms with Crippen LogP contribution in [-0.4, -0.2) is 24.7 Å². The van der Waals surface area contributed by atoms with Crippen LogP contribution < -0.4 is 10.6 Å². The molecule has 2 saturated heterocycles. The van der Waals surface area contributed by atoms with Gasteiger partial charge in [0, 0.05) is 36.1 Å². The summed E-state index contributed by atoms with van der Waals surface area (Å²) in [5.41, 5.74) is 2.80. The molecule has 4 unspecified atom stereocenters. The molecule has 24 heavy (non-hydrogen) atoms. The number of fused-ring (bicyclic) bond motifs is 2. The van der Waals surface area contributed by atoms with Gasteiger partial charge in [0.15, 0.2) is 0 Å². The molecule has 4 nitrogen and oxygen atoms in total. The van der Waals surface area contributed by atoms with Crippen LogP contribution in [0.1, 0.15) is 56.6 Å². The molecule has 4 fully saturated rings. The van der Waals surface area contributed by atoms with E-state index in [2.05, 4.69) is 34.9 Å². The number of carbonyl (C=O) groups excluding carboxylic acids is 1. The highest BCUT2D eigenvalue weighted by Gasteiger charge is 2.64. The topological polar surface area (TPSA) is 50.4 Å². The van der Waals surface area contributed by atoms with E-state index < -0.39 is 0 Å². The molecule has 1 aromatic rings. The first kappa shape index (κ1) is 14.8. The maximum absolute atomic E-state index is 11.5. The van der Waals surface area contributed by atoms with Crippen LogP contribution in [0.2, 0.25) is 0 Å². The Morgan fingerprint density at radius 3 is 2.88 bits per heavy atom. The number of hydrogen-bond acceptors (Lipinski definition) is 3. The minimum Gasteiger partial charge on any atom is -0.381 e. The summed E-state index contributed by atoms with van der Waals surface area (Å²) in [4.78, 5) is 11.5. The van der Waals surface area contributed by atoms with Gasteiger partial charge in [-0.15, -0.1) is 0 Å². The lowest BCUT2D eigenvalue weighted by atomic mass is 9.54. The molecule has 2 saturated carbocycles. The van der Waals surface area contributed by atoms with Crippen LogP contribution in [0.25, 0.3) is 0 Å². The number of rotatable bonds is 3. The molecule has 1 spiro atoms. The average Bonchev–Trinajstić information content (AvgIpc) is 3.32. The third kappa shape index (κ3) is 2.12. The Balaban J connectivity index is 1.37. The first-order valence-electron chi connectivity index (χ1n) is 9.54. The van der Waals surface area contributed by atoms with E-state index in [4.69, 9.17) is 4.74 Å². The molecular weight excluding hydrogens is 300 g/mol. The molecule has 2 N–H and O–H groups in total. The number of carbonyl (C=O) groups is 1. The molecule has 2 heterocycles. The van der Waals surface area contributed by atoms with Crippen molar-refractivity contribution < 1.29 is 9.53 Å². The molecule has 4 atom stereocenters. The molecule has 1 amide bonds. The fourth-order valence-corrected chi connectivity index (χ4v) is 5.79. The summed E-state index contributed by atoms with van der Waals surface area (Å²) in [6.07, 6.45) is 8.56. The second kappa shape index (κ2) is 5.48. The lowest BCUT2D eigenvalue weighted by Gasteiger charge is -2.57. The van der Waals surface area contributed by atoms with E-state index in [0.717, 1.165) is 13.0 Å². The molecule has 4 heteroatoms. The van der Waals surface area contributed by atoms with Gasteiger partial charge in [-0.3, -0.25) is 4.79 Å². The first-order valence-corrected chi connectivity index (χ1v) is 9.54. The number of anilines is 1. The van der Waals surface area contributed by atoms with Crippen molar-refractivity contribution in [3.63, 3.8) is 0 Å². The third-order valence-corrected chi connectivity index (χ3v) is 6.89. The maximum Gasteiger partial charge on any atom is 0.220 e. The van der Waals surface area contributed by atoms with Crippen molar-refractivity contribution in [2.45, 2.75) is 63.1 Å². The molecule has 1 aromatic carbocycles. The third-order valence-electron chi connectivity index (χ3n) is 6.89. The highest BCUT2D eigenvalue weighted by molar-refractivity contribution is 5.78. The van der Waals surface area contributed by atoms with Crippen molar-refractivity contribution in [3.05, 3.63) is 29.8 Å². The molecule has 2 aliphatic carbocycles. The van der Waals surface area contributed by atoms with Crippen molar-refractivity contribution in [3.8, 4) is 0 Å². The van der Waals surface area contributed by atoms with Crippen LogP contribution in [0, 0.1) is 11.3 Å². The largest absolute Gasteiger partial charge is 0.381 e. The van der Waals surface area contributed by atoms with Gasteiger partial charge in [0.05, 0.1) is 12.1 Å². The number of amides is 1. The van der Waals surface area contributed by atoms with Gasteiger partial charge in [-0.1, -0.05) is 25.0 Å². The summed E-state index contributed by atoms with van der Waals surface area (Å²) in [5.74, 6) is 0.853. The van der Waals surface area contributed by atoms with Crippen LogP contribution in [-0.2, 0) is 9.53 Å². The average molecular weight is 326 g/mol. The minimum atomic E-state index is 0.174. The molecule has 2 aliphatic heterocycles. The second-order valence-corrected chi connectivity index (χ2v) is 8.09. The van der Waals surface area contributed by atoms with Crippen molar-refractivity contribution in [1.82, 2.24) is 5.32 Å². The standard InChI is InChI=1S/C20H26N2O2/c23-17-7-6-16(22-17)13-4-3-5-14(12-13)21-18-15-8-11-24-19(15)20(18)9-1-2-10-20/h3-5,12,15-16,18-19,21H,1-2,6-11H2,(H,22,23). The van der Waals surface area contributed by atoms with Gasteiger partial charge < -0.3 is 15.4 Å². The van der Waals surface area contributed by atoms with Gasteiger partial charge in [0.2, 0.25) is 5.91 Å². The Bertz CT molecular complexity index is 653. The predicted octanol–water partition coefficient (Wildman–Crippen LogP) is 3.40. The zero-order chi connectivity index (χ0) is 16.1. The number of ether oxygens (including phenoxy) is 1. The predicted molar refractivity (Wildman–Crippen MR) is 92.7 cm³/mol. The van der Waals surface area contributed by atoms with E-state index in [-0.39, 0.29) is 11.9 Å². The minimum absolute atomic E-state index is 0.174. The van der Waals surface area contributed by atoms with Crippen molar-refractivity contribution in [2.75, 3.05) is 11.9 Å². The quantitative estimate of drug-likeness (QED) is 0.895. The highest BCUT2D eigenvalue weighted by atomic mass is 16.5. The first-order chi connectivity index (χ1) is 11.8. The summed E-state index contributed by atoms with van der Waals surface area (Å²) in [6, 6.07) is 9.40. The van der Waals surface area contributed by atoms with Crippen LogP contribution in [0.15, 0.2) is 24.3 Å². The van der Waals surface area contributed by atoms with Crippen molar-refractivity contribution in [2.24, 2.45) is 11.3 Å². The van der Waals surface area contributed by atoms with Gasteiger partial charge in [-0.25, -0.2) is 0 Å². The Morgan fingerprint density at radius 2 is 2.08 bits per heavy atom. The summed E-state index contributed by atoms with van der Waals surface area (Å²) in [6.45, 7) is 0.934. The summed E-state index contributed by atoms with van der Waals surface area (Å²) in [7, 11) is 0. The molecule has 0 bridgehead atoms. The van der Waals surface area contributed by atoms with Gasteiger partial charge >= 0.3 is 0 Å². The summed E-state index contributed by atoms with van der Waals surface area (Å²) in [5, 5.41) is 6.94. The van der Waals surface area contributed by atoms with E-state index >= 15 is 0 Å². The van der Waals surface area contributed by atoms with E-state index in [1.54, 1.807) is 0 Å². The molecular formula is C20H26N2O2. The molecule has 0 radical (unpaired) electrons. The van der Waals surface area contributed by atoms with Crippen LogP contribution >= 0.6 is 0 Å². The van der Waals surface area contributed by atoms with Crippen LogP contribution in [0.3, 0.4) is 0 Å². The Morgan fingerprint density at radius 1 is 1.21 bits per heavy atom. The zero-order valence-electron chi connectivity index (χ0n) is 14.1. The Kier molecular flexibility index (Phi) is 3.37. The molecule has 0 aromatic heterocycles. The van der Waals surface area contributed by atoms with Crippen molar-refractivity contribution in [1.29, 1.82) is 0 Å². The van der Waals surface area contributed by atoms with Crippen LogP contribution in [0.4, 0.5) is 5.69 Å². The van der Waals surface area contributed by atoms with Gasteiger partial charge in [-0.05, 0) is 43.4 Å². The zero-order valence-corrected chi connectivity index (χ0v) is 14.1. The summed E-state index contributed by atoms with van der Waals surface area (Å²) >= 11 is 0. The number of benzene rings is 1. The molecule has 4 aliphatic rings. The fraction of sp³-hybridized carbons (Fsp3) is 0.650. The molecule has 128 valence electrons. The lowest BCUT2D eigenvalue weighted by molar-refractivity contribution is -0.119. The Hall–Kier alpha value is -1.55. The van der Waals surface area contributed by atoms with E-state index in [9.17, 15) is 4.79 Å². The van der Waals surface area contributed by atoms with Crippen molar-refractivity contribution >= 4 is 11.6 Å². The maximum atomic E-state index is 11.5. The monoisotopic (exact) mass is 326 g/mol. The highest BCUT2D eigenvalue weighted by Crippen LogP contribution is 2.61. The van der Waals surface area contributed by atoms with E-state index in [1.807, 2.05) is 0 Å². The van der Waals surface area contributed by atoms with Gasteiger partial charge in [0.25, 0.3) is 0 Å². The molecule has 5 rings (SSSR count). The van der Waals surface area contributed by atoms with E-state index in [1.165, 1.54) is 43.4 Å². The SMILES string of the molecule is O=C1CCC(c2cccc(NC3C4CCOC4C34CCCC4)c2)N1. The fourth-order valence-electron chi connectivity index (χ4n) is 5.79. The number of nitrogens with one attached hydrogen (secondary N) is 2. The Labute approximate surface area is 143 Å². The smallest absolute Gasteiger partial charge is 0.220 e. The van der Waals surface area contributed by atoms with E-state index in [0.29, 0.717) is 29.9 Å².